The Kier molecular flexibility index (Phi) is 4.73. The first kappa shape index (κ1) is 12.6. The lowest BCUT2D eigenvalue weighted by atomic mass is 10.1. The molecular formula is C15H17NO2. The maximum absolute atomic E-state index is 5.73. The van der Waals surface area contributed by atoms with Crippen LogP contribution >= 0.6 is 0 Å². The van der Waals surface area contributed by atoms with E-state index in [1.165, 1.54) is 5.56 Å². The molecule has 0 N–H and O–H groups in total. The monoisotopic (exact) mass is 243 g/mol. The second kappa shape index (κ2) is 6.77. The van der Waals surface area contributed by atoms with Gasteiger partial charge in [0.2, 0.25) is 0 Å². The highest BCUT2D eigenvalue weighted by molar-refractivity contribution is 5.29. The van der Waals surface area contributed by atoms with Crippen LogP contribution in [0.5, 0.6) is 5.75 Å². The van der Waals surface area contributed by atoms with Crippen LogP contribution < -0.4 is 4.74 Å². The zero-order chi connectivity index (χ0) is 12.6. The van der Waals surface area contributed by atoms with E-state index in [1.54, 1.807) is 13.3 Å². The number of nitrogens with zero attached hydrogens (tertiary/aromatic N) is 1. The van der Waals surface area contributed by atoms with Gasteiger partial charge in [-0.25, -0.2) is 0 Å². The van der Waals surface area contributed by atoms with Crippen LogP contribution in [0.3, 0.4) is 0 Å². The maximum atomic E-state index is 5.73. The molecule has 0 aliphatic carbocycles. The van der Waals surface area contributed by atoms with Crippen molar-refractivity contribution in [1.82, 2.24) is 4.98 Å². The van der Waals surface area contributed by atoms with Gasteiger partial charge in [-0.3, -0.25) is 4.98 Å². The average molecular weight is 243 g/mol. The van der Waals surface area contributed by atoms with Crippen molar-refractivity contribution in [3.8, 4) is 5.75 Å². The van der Waals surface area contributed by atoms with Crippen molar-refractivity contribution < 1.29 is 9.47 Å². The first-order valence-corrected chi connectivity index (χ1v) is 5.98. The summed E-state index contributed by atoms with van der Waals surface area (Å²) in [7, 11) is 1.71. The number of aromatic nitrogens is 1. The third-order valence-electron chi connectivity index (χ3n) is 2.62. The lowest BCUT2D eigenvalue weighted by Gasteiger charge is -2.07. The number of methoxy groups -OCH3 is 1. The fraction of sp³-hybridized carbons (Fsp3) is 0.267. The Morgan fingerprint density at radius 2 is 2.00 bits per heavy atom. The third kappa shape index (κ3) is 3.86. The fourth-order valence-corrected chi connectivity index (χ4v) is 1.66. The molecule has 2 aromatic rings. The molecule has 1 heterocycles. The van der Waals surface area contributed by atoms with Gasteiger partial charge in [-0.1, -0.05) is 18.2 Å². The van der Waals surface area contributed by atoms with Crippen LogP contribution in [0.2, 0.25) is 0 Å². The highest BCUT2D eigenvalue weighted by atomic mass is 16.5. The SMILES string of the molecule is COCCc1cccc(OCc2cccnc2)c1. The van der Waals surface area contributed by atoms with Crippen LogP contribution in [0.4, 0.5) is 0 Å². The number of pyridine rings is 1. The molecule has 0 unspecified atom stereocenters. The van der Waals surface area contributed by atoms with E-state index in [1.807, 2.05) is 30.5 Å². The van der Waals surface area contributed by atoms with Gasteiger partial charge < -0.3 is 9.47 Å². The zero-order valence-electron chi connectivity index (χ0n) is 10.5. The van der Waals surface area contributed by atoms with Crippen LogP contribution in [-0.2, 0) is 17.8 Å². The molecule has 1 aromatic carbocycles. The second-order valence-electron chi connectivity index (χ2n) is 4.04. The van der Waals surface area contributed by atoms with Crippen molar-refractivity contribution in [3.05, 3.63) is 59.9 Å². The minimum Gasteiger partial charge on any atom is -0.489 e. The summed E-state index contributed by atoms with van der Waals surface area (Å²) in [6.45, 7) is 1.27. The van der Waals surface area contributed by atoms with Crippen molar-refractivity contribution in [1.29, 1.82) is 0 Å². The maximum Gasteiger partial charge on any atom is 0.120 e. The van der Waals surface area contributed by atoms with Gasteiger partial charge in [0, 0.05) is 25.1 Å². The Bertz CT molecular complexity index is 471. The van der Waals surface area contributed by atoms with E-state index < -0.39 is 0 Å². The Morgan fingerprint density at radius 3 is 2.78 bits per heavy atom. The van der Waals surface area contributed by atoms with Gasteiger partial charge in [0.25, 0.3) is 0 Å². The van der Waals surface area contributed by atoms with Crippen molar-refractivity contribution in [3.63, 3.8) is 0 Å². The van der Waals surface area contributed by atoms with E-state index >= 15 is 0 Å². The van der Waals surface area contributed by atoms with Gasteiger partial charge in [-0.05, 0) is 30.2 Å². The quantitative estimate of drug-likeness (QED) is 0.781. The molecule has 0 amide bonds. The van der Waals surface area contributed by atoms with Gasteiger partial charge in [-0.2, -0.15) is 0 Å². The van der Waals surface area contributed by atoms with Crippen molar-refractivity contribution in [2.24, 2.45) is 0 Å². The van der Waals surface area contributed by atoms with E-state index in [2.05, 4.69) is 17.1 Å². The van der Waals surface area contributed by atoms with Crippen molar-refractivity contribution in [2.75, 3.05) is 13.7 Å². The second-order valence-corrected chi connectivity index (χ2v) is 4.04. The Labute approximate surface area is 107 Å². The number of rotatable bonds is 6. The molecule has 3 heteroatoms. The van der Waals surface area contributed by atoms with Crippen LogP contribution in [0.1, 0.15) is 11.1 Å². The lowest BCUT2D eigenvalue weighted by Crippen LogP contribution is -1.98. The zero-order valence-corrected chi connectivity index (χ0v) is 10.5. The van der Waals surface area contributed by atoms with Crippen LogP contribution in [0.15, 0.2) is 48.8 Å². The molecule has 0 spiro atoms. The summed E-state index contributed by atoms with van der Waals surface area (Å²) in [6.07, 6.45) is 4.48. The number of hydrogen-bond donors (Lipinski definition) is 0. The number of hydrogen-bond acceptors (Lipinski definition) is 3. The van der Waals surface area contributed by atoms with Crippen molar-refractivity contribution in [2.45, 2.75) is 13.0 Å². The topological polar surface area (TPSA) is 31.4 Å². The summed E-state index contributed by atoms with van der Waals surface area (Å²) < 4.78 is 10.8. The fourth-order valence-electron chi connectivity index (χ4n) is 1.66. The molecule has 0 atom stereocenters. The predicted molar refractivity (Wildman–Crippen MR) is 70.6 cm³/mol. The molecular weight excluding hydrogens is 226 g/mol. The number of benzene rings is 1. The van der Waals surface area contributed by atoms with Gasteiger partial charge >= 0.3 is 0 Å². The molecule has 1 aromatic heterocycles. The largest absolute Gasteiger partial charge is 0.489 e. The van der Waals surface area contributed by atoms with E-state index in [9.17, 15) is 0 Å². The molecule has 0 bridgehead atoms. The summed E-state index contributed by atoms with van der Waals surface area (Å²) in [4.78, 5) is 4.06. The minimum atomic E-state index is 0.543. The minimum absolute atomic E-state index is 0.543. The van der Waals surface area contributed by atoms with Crippen molar-refractivity contribution >= 4 is 0 Å². The molecule has 0 fully saturated rings. The molecule has 0 radical (unpaired) electrons. The summed E-state index contributed by atoms with van der Waals surface area (Å²) in [6, 6.07) is 12.0. The molecule has 94 valence electrons. The summed E-state index contributed by atoms with van der Waals surface area (Å²) in [5, 5.41) is 0. The molecule has 0 aliphatic heterocycles. The lowest BCUT2D eigenvalue weighted by molar-refractivity contribution is 0.202. The normalized spacial score (nSPS) is 10.3. The first-order valence-electron chi connectivity index (χ1n) is 5.98. The summed E-state index contributed by atoms with van der Waals surface area (Å²) >= 11 is 0. The van der Waals surface area contributed by atoms with E-state index in [0.717, 1.165) is 24.3 Å². The van der Waals surface area contributed by atoms with E-state index in [0.29, 0.717) is 6.61 Å². The van der Waals surface area contributed by atoms with Gasteiger partial charge in [-0.15, -0.1) is 0 Å². The van der Waals surface area contributed by atoms with Gasteiger partial charge in [0.1, 0.15) is 12.4 Å². The smallest absolute Gasteiger partial charge is 0.120 e. The van der Waals surface area contributed by atoms with Crippen LogP contribution in [-0.4, -0.2) is 18.7 Å². The van der Waals surface area contributed by atoms with E-state index in [-0.39, 0.29) is 0 Å². The molecule has 2 rings (SSSR count). The standard InChI is InChI=1S/C15H17NO2/c1-17-9-7-13-4-2-6-15(10-13)18-12-14-5-3-8-16-11-14/h2-6,8,10-11H,7,9,12H2,1H3. The molecule has 0 saturated heterocycles. The first-order chi connectivity index (χ1) is 8.88. The molecule has 0 aliphatic rings. The highest BCUT2D eigenvalue weighted by Gasteiger charge is 1.98. The summed E-state index contributed by atoms with van der Waals surface area (Å²) in [5.74, 6) is 0.882. The predicted octanol–water partition coefficient (Wildman–Crippen LogP) is 2.85. The Hall–Kier alpha value is -1.87. The Balaban J connectivity index is 1.93. The highest BCUT2D eigenvalue weighted by Crippen LogP contribution is 2.15. The van der Waals surface area contributed by atoms with Gasteiger partial charge in [0.15, 0.2) is 0 Å². The van der Waals surface area contributed by atoms with Gasteiger partial charge in [0.05, 0.1) is 6.61 Å². The molecule has 3 nitrogen and oxygen atoms in total. The third-order valence-corrected chi connectivity index (χ3v) is 2.62. The summed E-state index contributed by atoms with van der Waals surface area (Å²) in [5.41, 5.74) is 2.29. The average Bonchev–Trinajstić information content (AvgIpc) is 2.44. The van der Waals surface area contributed by atoms with Crippen LogP contribution in [0, 0.1) is 0 Å². The molecule has 18 heavy (non-hydrogen) atoms. The molecule has 0 saturated carbocycles. The Morgan fingerprint density at radius 1 is 1.11 bits per heavy atom. The van der Waals surface area contributed by atoms with Crippen LogP contribution in [0.25, 0.3) is 0 Å². The van der Waals surface area contributed by atoms with E-state index in [4.69, 9.17) is 9.47 Å². The number of ether oxygens (including phenoxy) is 2.